The quantitative estimate of drug-likeness (QED) is 0.0199. The van der Waals surface area contributed by atoms with Gasteiger partial charge in [0.05, 0.1) is 0 Å². The Morgan fingerprint density at radius 3 is 1.05 bits per heavy atom. The van der Waals surface area contributed by atoms with E-state index in [9.17, 15) is 14.4 Å². The number of esters is 3. The molecular formula is C57H98O6. The van der Waals surface area contributed by atoms with Crippen molar-refractivity contribution in [1.29, 1.82) is 0 Å². The van der Waals surface area contributed by atoms with Crippen LogP contribution < -0.4 is 0 Å². The fraction of sp³-hybridized carbons (Fsp3) is 0.737. The van der Waals surface area contributed by atoms with Gasteiger partial charge in [-0.1, -0.05) is 248 Å². The molecule has 362 valence electrons. The van der Waals surface area contributed by atoms with Crippen molar-refractivity contribution in [3.8, 4) is 0 Å². The van der Waals surface area contributed by atoms with E-state index < -0.39 is 6.10 Å². The molecule has 0 N–H and O–H groups in total. The summed E-state index contributed by atoms with van der Waals surface area (Å²) < 4.78 is 16.8. The summed E-state index contributed by atoms with van der Waals surface area (Å²) in [7, 11) is 0. The average Bonchev–Trinajstić information content (AvgIpc) is 3.28. The van der Waals surface area contributed by atoms with Gasteiger partial charge in [-0.25, -0.2) is 0 Å². The van der Waals surface area contributed by atoms with Gasteiger partial charge in [0.25, 0.3) is 0 Å². The summed E-state index contributed by atoms with van der Waals surface area (Å²) in [6.45, 7) is 6.49. The molecule has 0 aliphatic rings. The normalized spacial score (nSPS) is 12.6. The van der Waals surface area contributed by atoms with Crippen LogP contribution in [0.3, 0.4) is 0 Å². The standard InChI is InChI=1S/C57H98O6/c1-4-7-10-13-16-19-22-24-26-28-30-31-33-35-38-41-44-47-50-56(59)62-53-54(52-61-55(58)49-46-43-40-37-21-18-15-12-9-6-3)63-57(60)51-48-45-42-39-36-34-32-29-27-25-23-20-17-14-11-8-5-2/h10,13,15-16,18-19,22,24,26,28,30-31,54H,4-9,11-12,14,17,20-21,23,25,27,29,32-53H2,1-3H3/b13-10-,18-15-,19-16-,24-22-,28-26-,31-30-. The van der Waals surface area contributed by atoms with Gasteiger partial charge in [-0.3, -0.25) is 14.4 Å². The highest BCUT2D eigenvalue weighted by Gasteiger charge is 2.19. The van der Waals surface area contributed by atoms with Crippen LogP contribution >= 0.6 is 0 Å². The van der Waals surface area contributed by atoms with Crippen LogP contribution in [-0.4, -0.2) is 37.2 Å². The van der Waals surface area contributed by atoms with Crippen LogP contribution in [0, 0.1) is 0 Å². The van der Waals surface area contributed by atoms with E-state index in [-0.39, 0.29) is 31.1 Å². The van der Waals surface area contributed by atoms with Gasteiger partial charge in [-0.2, -0.15) is 0 Å². The number of rotatable bonds is 47. The minimum Gasteiger partial charge on any atom is -0.462 e. The third-order valence-corrected chi connectivity index (χ3v) is 11.3. The van der Waals surface area contributed by atoms with Gasteiger partial charge in [-0.15, -0.1) is 0 Å². The zero-order valence-electron chi connectivity index (χ0n) is 41.3. The number of hydrogen-bond acceptors (Lipinski definition) is 6. The van der Waals surface area contributed by atoms with E-state index in [1.165, 1.54) is 109 Å². The summed E-state index contributed by atoms with van der Waals surface area (Å²) in [5.74, 6) is -0.921. The first-order valence-corrected chi connectivity index (χ1v) is 26.5. The lowest BCUT2D eigenvalue weighted by atomic mass is 10.0. The van der Waals surface area contributed by atoms with E-state index in [4.69, 9.17) is 14.2 Å². The van der Waals surface area contributed by atoms with Crippen LogP contribution in [0.5, 0.6) is 0 Å². The predicted octanol–water partition coefficient (Wildman–Crippen LogP) is 17.4. The molecule has 0 saturated heterocycles. The minimum atomic E-state index is -0.788. The molecule has 0 aliphatic heterocycles. The van der Waals surface area contributed by atoms with E-state index in [0.29, 0.717) is 19.3 Å². The van der Waals surface area contributed by atoms with Crippen molar-refractivity contribution in [3.63, 3.8) is 0 Å². The Balaban J connectivity index is 4.39. The van der Waals surface area contributed by atoms with Crippen molar-refractivity contribution in [2.24, 2.45) is 0 Å². The number of hydrogen-bond donors (Lipinski definition) is 0. The first-order chi connectivity index (χ1) is 31.0. The molecule has 0 saturated carbocycles. The lowest BCUT2D eigenvalue weighted by Crippen LogP contribution is -2.30. The monoisotopic (exact) mass is 879 g/mol. The maximum Gasteiger partial charge on any atom is 0.306 e. The van der Waals surface area contributed by atoms with Crippen molar-refractivity contribution in [2.45, 2.75) is 258 Å². The van der Waals surface area contributed by atoms with Crippen molar-refractivity contribution < 1.29 is 28.6 Å². The summed E-state index contributed by atoms with van der Waals surface area (Å²) >= 11 is 0. The molecule has 0 aromatic rings. The maximum absolute atomic E-state index is 12.8. The van der Waals surface area contributed by atoms with Crippen LogP contribution in [0.2, 0.25) is 0 Å². The van der Waals surface area contributed by atoms with Crippen LogP contribution in [0.25, 0.3) is 0 Å². The molecule has 0 fully saturated rings. The molecule has 6 heteroatoms. The Bertz CT molecular complexity index is 1190. The lowest BCUT2D eigenvalue weighted by molar-refractivity contribution is -0.167. The Morgan fingerprint density at radius 2 is 0.635 bits per heavy atom. The average molecular weight is 879 g/mol. The molecule has 0 radical (unpaired) electrons. The van der Waals surface area contributed by atoms with Gasteiger partial charge in [0.1, 0.15) is 13.2 Å². The molecule has 0 amide bonds. The maximum atomic E-state index is 12.8. The van der Waals surface area contributed by atoms with Crippen LogP contribution in [0.1, 0.15) is 252 Å². The number of carbonyl (C=O) groups excluding carboxylic acids is 3. The SMILES string of the molecule is CCC\C=C/C=C\C=C/C=C\C=C/CCCCCCCC(=O)OCC(COC(=O)CCCCCC/C=C\CCCC)OC(=O)CCCCCCCCCCCCCCCCCCC. The second-order valence-electron chi connectivity index (χ2n) is 17.6. The number of unbranched alkanes of at least 4 members (excludes halogenated alkanes) is 28. The molecule has 0 bridgehead atoms. The van der Waals surface area contributed by atoms with E-state index >= 15 is 0 Å². The second kappa shape index (κ2) is 51.5. The molecule has 6 nitrogen and oxygen atoms in total. The summed E-state index contributed by atoms with van der Waals surface area (Å²) in [4.78, 5) is 38.0. The fourth-order valence-corrected chi connectivity index (χ4v) is 7.28. The number of allylic oxidation sites excluding steroid dienone is 12. The van der Waals surface area contributed by atoms with E-state index in [1.54, 1.807) is 0 Å². The van der Waals surface area contributed by atoms with E-state index in [0.717, 1.165) is 103 Å². The van der Waals surface area contributed by atoms with Crippen LogP contribution in [-0.2, 0) is 28.6 Å². The van der Waals surface area contributed by atoms with Gasteiger partial charge in [0.2, 0.25) is 0 Å². The van der Waals surface area contributed by atoms with Crippen molar-refractivity contribution in [1.82, 2.24) is 0 Å². The topological polar surface area (TPSA) is 78.9 Å². The van der Waals surface area contributed by atoms with Gasteiger partial charge in [0, 0.05) is 19.3 Å². The van der Waals surface area contributed by atoms with Crippen molar-refractivity contribution in [2.75, 3.05) is 13.2 Å². The summed E-state index contributed by atoms with van der Waals surface area (Å²) in [5.41, 5.74) is 0. The van der Waals surface area contributed by atoms with Crippen LogP contribution in [0.4, 0.5) is 0 Å². The van der Waals surface area contributed by atoms with Gasteiger partial charge in [-0.05, 0) is 57.8 Å². The first kappa shape index (κ1) is 59.9. The van der Waals surface area contributed by atoms with Crippen molar-refractivity contribution >= 4 is 17.9 Å². The Kier molecular flexibility index (Phi) is 48.9. The molecule has 0 heterocycles. The lowest BCUT2D eigenvalue weighted by Gasteiger charge is -2.18. The molecule has 0 rings (SSSR count). The highest BCUT2D eigenvalue weighted by atomic mass is 16.6. The third-order valence-electron chi connectivity index (χ3n) is 11.3. The molecular weight excluding hydrogens is 781 g/mol. The van der Waals surface area contributed by atoms with Gasteiger partial charge >= 0.3 is 17.9 Å². The number of ether oxygens (including phenoxy) is 3. The fourth-order valence-electron chi connectivity index (χ4n) is 7.28. The highest BCUT2D eigenvalue weighted by molar-refractivity contribution is 5.71. The predicted molar refractivity (Wildman–Crippen MR) is 270 cm³/mol. The summed E-state index contributed by atoms with van der Waals surface area (Å²) in [5, 5.41) is 0. The van der Waals surface area contributed by atoms with E-state index in [1.807, 2.05) is 24.3 Å². The Labute approximate surface area is 389 Å². The summed E-state index contributed by atoms with van der Waals surface area (Å²) in [6.07, 6.45) is 64.5. The molecule has 0 spiro atoms. The minimum absolute atomic E-state index is 0.0885. The Hall–Kier alpha value is -3.15. The first-order valence-electron chi connectivity index (χ1n) is 26.5. The smallest absolute Gasteiger partial charge is 0.306 e. The molecule has 1 unspecified atom stereocenters. The third kappa shape index (κ3) is 49.7. The van der Waals surface area contributed by atoms with E-state index in [2.05, 4.69) is 69.4 Å². The molecule has 63 heavy (non-hydrogen) atoms. The molecule has 0 aromatic heterocycles. The molecule has 0 aromatic carbocycles. The van der Waals surface area contributed by atoms with Crippen LogP contribution in [0.15, 0.2) is 72.9 Å². The summed E-state index contributed by atoms with van der Waals surface area (Å²) in [6, 6.07) is 0. The van der Waals surface area contributed by atoms with Gasteiger partial charge < -0.3 is 14.2 Å². The largest absolute Gasteiger partial charge is 0.462 e. The highest BCUT2D eigenvalue weighted by Crippen LogP contribution is 2.16. The molecule has 1 atom stereocenters. The zero-order valence-corrected chi connectivity index (χ0v) is 41.3. The second-order valence-corrected chi connectivity index (χ2v) is 17.6. The zero-order chi connectivity index (χ0) is 45.8. The van der Waals surface area contributed by atoms with Crippen molar-refractivity contribution in [3.05, 3.63) is 72.9 Å². The van der Waals surface area contributed by atoms with Gasteiger partial charge in [0.15, 0.2) is 6.10 Å². The molecule has 0 aliphatic carbocycles. The number of carbonyl (C=O) groups is 3. The Morgan fingerprint density at radius 1 is 0.317 bits per heavy atom.